The predicted octanol–water partition coefficient (Wildman–Crippen LogP) is 5.79. The molecule has 0 aliphatic heterocycles. The van der Waals surface area contributed by atoms with E-state index in [1.807, 2.05) is 13.2 Å². The van der Waals surface area contributed by atoms with Crippen molar-refractivity contribution in [3.63, 3.8) is 0 Å². The summed E-state index contributed by atoms with van der Waals surface area (Å²) in [4.78, 5) is 2.06. The van der Waals surface area contributed by atoms with Crippen LogP contribution in [0.5, 0.6) is 0 Å². The molecule has 0 heterocycles. The van der Waals surface area contributed by atoms with E-state index in [9.17, 15) is 0 Å². The molecule has 1 aromatic carbocycles. The van der Waals surface area contributed by atoms with Crippen molar-refractivity contribution in [2.75, 3.05) is 7.05 Å². The highest BCUT2D eigenvalue weighted by Gasteiger charge is 2.55. The highest BCUT2D eigenvalue weighted by Crippen LogP contribution is 2.64. The molecule has 0 N–H and O–H groups in total. The fourth-order valence-electron chi connectivity index (χ4n) is 4.24. The molecule has 0 aromatic heterocycles. The molecule has 22 heavy (non-hydrogen) atoms. The Hall–Kier alpha value is -1.24. The molecular weight excluding hydrogens is 266 g/mol. The van der Waals surface area contributed by atoms with Crippen LogP contribution in [0, 0.1) is 24.2 Å². The first-order valence-electron chi connectivity index (χ1n) is 8.93. The van der Waals surface area contributed by atoms with Crippen LogP contribution in [0.25, 0.3) is 0 Å². The average molecular weight is 300 g/mol. The van der Waals surface area contributed by atoms with Gasteiger partial charge in [-0.05, 0) is 55.2 Å². The largest absolute Gasteiger partial charge is 0.377 e. The monoisotopic (exact) mass is 299 g/mol. The molecule has 2 aliphatic rings. The van der Waals surface area contributed by atoms with Crippen LogP contribution in [0.15, 0.2) is 37.0 Å². The van der Waals surface area contributed by atoms with Crippen molar-refractivity contribution < 1.29 is 0 Å². The Kier molecular flexibility index (Phi) is 5.72. The zero-order valence-electron chi connectivity index (χ0n) is 14.9. The summed E-state index contributed by atoms with van der Waals surface area (Å²) in [7, 11) is 2.02. The van der Waals surface area contributed by atoms with Gasteiger partial charge in [0.15, 0.2) is 0 Å². The maximum absolute atomic E-state index is 3.70. The van der Waals surface area contributed by atoms with E-state index in [0.29, 0.717) is 0 Å². The molecule has 1 heteroatoms. The summed E-state index contributed by atoms with van der Waals surface area (Å²) in [6, 6.07) is 8.56. The average Bonchev–Trinajstić information content (AvgIpc) is 2.52. The normalized spacial score (nSPS) is 24.0. The van der Waals surface area contributed by atoms with Crippen LogP contribution in [-0.2, 0) is 6.54 Å². The molecule has 0 amide bonds. The summed E-state index contributed by atoms with van der Waals surface area (Å²) in [6.45, 7) is 11.5. The molecule has 2 unspecified atom stereocenters. The Morgan fingerprint density at radius 1 is 1.18 bits per heavy atom. The molecule has 0 spiro atoms. The maximum atomic E-state index is 3.70. The van der Waals surface area contributed by atoms with Crippen LogP contribution in [-0.4, -0.2) is 11.9 Å². The molecule has 3 rings (SSSR count). The number of hydrogen-bond acceptors (Lipinski definition) is 1. The van der Waals surface area contributed by atoms with E-state index in [-0.39, 0.29) is 0 Å². The topological polar surface area (TPSA) is 3.24 Å². The van der Waals surface area contributed by atoms with Gasteiger partial charge < -0.3 is 4.90 Å². The van der Waals surface area contributed by atoms with Crippen LogP contribution in [0.3, 0.4) is 0 Å². The molecule has 2 aliphatic carbocycles. The lowest BCUT2D eigenvalue weighted by atomic mass is 9.43. The van der Waals surface area contributed by atoms with E-state index < -0.39 is 0 Å². The van der Waals surface area contributed by atoms with Gasteiger partial charge in [0, 0.05) is 13.6 Å². The van der Waals surface area contributed by atoms with Gasteiger partial charge in [-0.25, -0.2) is 0 Å². The third-order valence-corrected chi connectivity index (χ3v) is 6.15. The highest BCUT2D eigenvalue weighted by molar-refractivity contribution is 5.21. The SMILES string of the molecule is C=CN(C)Cc1ccc(C)cc1.CCC1(CC)CC2CCC21. The molecule has 0 radical (unpaired) electrons. The summed E-state index contributed by atoms with van der Waals surface area (Å²) in [5.74, 6) is 2.32. The summed E-state index contributed by atoms with van der Waals surface area (Å²) >= 11 is 0. The van der Waals surface area contributed by atoms with Crippen LogP contribution < -0.4 is 0 Å². The second-order valence-corrected chi connectivity index (χ2v) is 7.30. The third-order valence-electron chi connectivity index (χ3n) is 6.15. The number of fused-ring (bicyclic) bond motifs is 1. The number of hydrogen-bond donors (Lipinski definition) is 0. The Labute approximate surface area is 137 Å². The fraction of sp³-hybridized carbons (Fsp3) is 0.619. The highest BCUT2D eigenvalue weighted by atomic mass is 15.1. The molecule has 122 valence electrons. The van der Waals surface area contributed by atoms with Crippen molar-refractivity contribution in [2.45, 2.75) is 59.4 Å². The smallest absolute Gasteiger partial charge is 0.0420 e. The van der Waals surface area contributed by atoms with Crippen molar-refractivity contribution in [3.8, 4) is 0 Å². The zero-order chi connectivity index (χ0) is 16.2. The van der Waals surface area contributed by atoms with Gasteiger partial charge in [-0.1, -0.05) is 63.1 Å². The summed E-state index contributed by atoms with van der Waals surface area (Å²) in [5.41, 5.74) is 3.45. The van der Waals surface area contributed by atoms with Crippen LogP contribution in [0.1, 0.15) is 57.1 Å². The minimum atomic E-state index is 0.822. The first-order chi connectivity index (χ1) is 10.5. The Balaban J connectivity index is 0.000000162. The lowest BCUT2D eigenvalue weighted by molar-refractivity contribution is -0.121. The van der Waals surface area contributed by atoms with E-state index in [0.717, 1.165) is 17.9 Å². The van der Waals surface area contributed by atoms with Crippen molar-refractivity contribution in [2.24, 2.45) is 17.3 Å². The van der Waals surface area contributed by atoms with E-state index >= 15 is 0 Å². The van der Waals surface area contributed by atoms with Crippen LogP contribution in [0.4, 0.5) is 0 Å². The quantitative estimate of drug-likeness (QED) is 0.665. The van der Waals surface area contributed by atoms with Crippen LogP contribution >= 0.6 is 0 Å². The van der Waals surface area contributed by atoms with E-state index in [1.165, 1.54) is 29.9 Å². The third kappa shape index (κ3) is 3.56. The molecule has 2 saturated carbocycles. The van der Waals surface area contributed by atoms with Crippen molar-refractivity contribution in [3.05, 3.63) is 48.2 Å². The number of rotatable bonds is 5. The summed E-state index contributed by atoms with van der Waals surface area (Å²) < 4.78 is 0. The first kappa shape index (κ1) is 17.1. The van der Waals surface area contributed by atoms with E-state index in [2.05, 4.69) is 56.5 Å². The van der Waals surface area contributed by atoms with Gasteiger partial charge in [0.1, 0.15) is 0 Å². The Bertz CT molecular complexity index is 469. The van der Waals surface area contributed by atoms with Gasteiger partial charge >= 0.3 is 0 Å². The van der Waals surface area contributed by atoms with Crippen molar-refractivity contribution in [1.82, 2.24) is 4.90 Å². The minimum Gasteiger partial charge on any atom is -0.377 e. The van der Waals surface area contributed by atoms with Gasteiger partial charge in [0.25, 0.3) is 0 Å². The van der Waals surface area contributed by atoms with Crippen molar-refractivity contribution >= 4 is 0 Å². The molecule has 0 bridgehead atoms. The number of nitrogens with zero attached hydrogens (tertiary/aromatic N) is 1. The number of benzene rings is 1. The molecular formula is C21H33N. The maximum Gasteiger partial charge on any atom is 0.0420 e. The number of aryl methyl sites for hydroxylation is 1. The van der Waals surface area contributed by atoms with E-state index in [4.69, 9.17) is 0 Å². The molecule has 1 nitrogen and oxygen atoms in total. The van der Waals surface area contributed by atoms with Gasteiger partial charge in [-0.2, -0.15) is 0 Å². The molecule has 1 aromatic rings. The minimum absolute atomic E-state index is 0.822. The second kappa shape index (κ2) is 7.35. The molecule has 0 saturated heterocycles. The van der Waals surface area contributed by atoms with Gasteiger partial charge in [-0.15, -0.1) is 0 Å². The first-order valence-corrected chi connectivity index (χ1v) is 8.93. The van der Waals surface area contributed by atoms with Gasteiger partial charge in [0.05, 0.1) is 0 Å². The van der Waals surface area contributed by atoms with E-state index in [1.54, 1.807) is 19.3 Å². The molecule has 2 atom stereocenters. The zero-order valence-corrected chi connectivity index (χ0v) is 14.9. The van der Waals surface area contributed by atoms with Gasteiger partial charge in [-0.3, -0.25) is 0 Å². The van der Waals surface area contributed by atoms with Gasteiger partial charge in [0.2, 0.25) is 0 Å². The standard InChI is InChI=1S/C11H15N.C10H18/c1-4-12(3)9-11-7-5-10(2)6-8-11;1-3-10(4-2)7-8-5-6-9(8)10/h4-8H,1,9H2,2-3H3;8-9H,3-7H2,1-2H3. The lowest BCUT2D eigenvalue weighted by Gasteiger charge is -2.62. The predicted molar refractivity (Wildman–Crippen MR) is 96.7 cm³/mol. The Morgan fingerprint density at radius 3 is 2.14 bits per heavy atom. The summed E-state index contributed by atoms with van der Waals surface area (Å²) in [6.07, 6.45) is 9.36. The summed E-state index contributed by atoms with van der Waals surface area (Å²) in [5, 5.41) is 0. The lowest BCUT2D eigenvalue weighted by Crippen LogP contribution is -2.53. The fourth-order valence-corrected chi connectivity index (χ4v) is 4.24. The van der Waals surface area contributed by atoms with Crippen molar-refractivity contribution in [1.29, 1.82) is 0 Å². The molecule has 2 fully saturated rings. The second-order valence-electron chi connectivity index (χ2n) is 7.30. The Morgan fingerprint density at radius 2 is 1.82 bits per heavy atom. The van der Waals surface area contributed by atoms with Crippen LogP contribution in [0.2, 0.25) is 0 Å².